The van der Waals surface area contributed by atoms with Crippen LogP contribution in [0.5, 0.6) is 0 Å². The Labute approximate surface area is 240 Å². The zero-order valence-electron chi connectivity index (χ0n) is 23.0. The van der Waals surface area contributed by atoms with E-state index in [9.17, 15) is 13.2 Å². The summed E-state index contributed by atoms with van der Waals surface area (Å²) in [5.74, 6) is -0.939. The van der Waals surface area contributed by atoms with Crippen molar-refractivity contribution in [3.8, 4) is 0 Å². The molecule has 1 spiro atoms. The molecule has 0 unspecified atom stereocenters. The van der Waals surface area contributed by atoms with Crippen LogP contribution in [0.2, 0.25) is 0 Å². The van der Waals surface area contributed by atoms with Crippen LogP contribution in [0.15, 0.2) is 120 Å². The number of nitrogens with zero attached hydrogens (tertiary/aromatic N) is 1. The van der Waals surface area contributed by atoms with Gasteiger partial charge in [-0.1, -0.05) is 102 Å². The van der Waals surface area contributed by atoms with E-state index in [0.717, 1.165) is 33.4 Å². The minimum absolute atomic E-state index is 0.00133. The van der Waals surface area contributed by atoms with Gasteiger partial charge in [0, 0.05) is 24.4 Å². The van der Waals surface area contributed by atoms with E-state index >= 15 is 0 Å². The van der Waals surface area contributed by atoms with E-state index in [0.29, 0.717) is 6.42 Å². The van der Waals surface area contributed by atoms with Gasteiger partial charge in [-0.25, -0.2) is 13.2 Å². The Morgan fingerprint density at radius 3 is 2.22 bits per heavy atom. The van der Waals surface area contributed by atoms with E-state index in [1.54, 1.807) is 30.3 Å². The topological polar surface area (TPSA) is 72.9 Å². The van der Waals surface area contributed by atoms with Gasteiger partial charge in [-0.05, 0) is 48.7 Å². The predicted molar refractivity (Wildman–Crippen MR) is 156 cm³/mol. The lowest BCUT2D eigenvalue weighted by Crippen LogP contribution is -2.49. The normalized spacial score (nSPS) is 20.2. The Morgan fingerprint density at radius 2 is 1.51 bits per heavy atom. The highest BCUT2D eigenvalue weighted by atomic mass is 32.2. The Kier molecular flexibility index (Phi) is 7.01. The fraction of sp³-hybridized carbons (Fsp3) is 0.206. The number of aryl methyl sites for hydroxylation is 2. The molecule has 6 rings (SSSR count). The number of allylic oxidation sites excluding steroid dienone is 1. The smallest absolute Gasteiger partial charge is 0.373 e. The highest BCUT2D eigenvalue weighted by Gasteiger charge is 2.56. The minimum Gasteiger partial charge on any atom is -0.460 e. The summed E-state index contributed by atoms with van der Waals surface area (Å²) in [7, 11) is -4.02. The Morgan fingerprint density at radius 1 is 0.878 bits per heavy atom. The number of rotatable bonds is 6. The van der Waals surface area contributed by atoms with Gasteiger partial charge in [0.1, 0.15) is 6.61 Å². The van der Waals surface area contributed by atoms with Crippen LogP contribution in [0, 0.1) is 13.8 Å². The zero-order valence-corrected chi connectivity index (χ0v) is 23.8. The molecule has 0 N–H and O–H groups in total. The SMILES string of the molecule is Cc1ccc([C@H]2C=C(C(=O)OCc3ccccc3)O[C@@]3(C2)c2ccccc2CN3S(=O)(=O)c2ccc(C)cc2)cc1. The molecule has 41 heavy (non-hydrogen) atoms. The molecule has 0 radical (unpaired) electrons. The maximum Gasteiger partial charge on any atom is 0.373 e. The number of hydrogen-bond donors (Lipinski definition) is 0. The summed E-state index contributed by atoms with van der Waals surface area (Å²) in [6, 6.07) is 31.9. The van der Waals surface area contributed by atoms with E-state index in [2.05, 4.69) is 0 Å². The van der Waals surface area contributed by atoms with Crippen molar-refractivity contribution in [2.24, 2.45) is 0 Å². The van der Waals surface area contributed by atoms with E-state index in [1.165, 1.54) is 4.31 Å². The maximum atomic E-state index is 14.3. The number of benzene rings is 4. The highest BCUT2D eigenvalue weighted by Crippen LogP contribution is 2.52. The average Bonchev–Trinajstić information content (AvgIpc) is 3.30. The number of carbonyl (C=O) groups excluding carboxylic acids is 1. The first-order valence-electron chi connectivity index (χ1n) is 13.6. The lowest BCUT2D eigenvalue weighted by atomic mass is 9.84. The van der Waals surface area contributed by atoms with Crippen molar-refractivity contribution in [1.29, 1.82) is 0 Å². The summed E-state index contributed by atoms with van der Waals surface area (Å²) in [5.41, 5.74) is 4.01. The van der Waals surface area contributed by atoms with Crippen LogP contribution in [-0.2, 0) is 43.2 Å². The molecule has 7 heteroatoms. The molecule has 0 aliphatic carbocycles. The first-order chi connectivity index (χ1) is 19.8. The van der Waals surface area contributed by atoms with Gasteiger partial charge in [0.15, 0.2) is 0 Å². The lowest BCUT2D eigenvalue weighted by Gasteiger charge is -2.43. The lowest BCUT2D eigenvalue weighted by molar-refractivity contribution is -0.158. The molecular formula is C34H31NO5S. The third-order valence-electron chi connectivity index (χ3n) is 7.81. The van der Waals surface area contributed by atoms with Crippen molar-refractivity contribution in [1.82, 2.24) is 4.31 Å². The van der Waals surface area contributed by atoms with Crippen molar-refractivity contribution in [2.75, 3.05) is 0 Å². The first kappa shape index (κ1) is 27.0. The molecule has 2 heterocycles. The summed E-state index contributed by atoms with van der Waals surface area (Å²) >= 11 is 0. The maximum absolute atomic E-state index is 14.3. The molecule has 0 aromatic heterocycles. The van der Waals surface area contributed by atoms with Crippen LogP contribution in [0.1, 0.15) is 45.7 Å². The second-order valence-corrected chi connectivity index (χ2v) is 12.5. The minimum atomic E-state index is -4.02. The third-order valence-corrected chi connectivity index (χ3v) is 9.68. The number of carbonyl (C=O) groups is 1. The van der Waals surface area contributed by atoms with Crippen LogP contribution in [0.25, 0.3) is 0 Å². The number of ether oxygens (including phenoxy) is 2. The first-order valence-corrected chi connectivity index (χ1v) is 15.1. The van der Waals surface area contributed by atoms with Crippen molar-refractivity contribution < 1.29 is 22.7 Å². The molecule has 0 fully saturated rings. The number of hydrogen-bond acceptors (Lipinski definition) is 5. The van der Waals surface area contributed by atoms with E-state index in [1.807, 2.05) is 92.7 Å². The van der Waals surface area contributed by atoms with Crippen molar-refractivity contribution in [2.45, 2.75) is 50.0 Å². The summed E-state index contributed by atoms with van der Waals surface area (Å²) < 4.78 is 42.2. The number of fused-ring (bicyclic) bond motifs is 2. The summed E-state index contributed by atoms with van der Waals surface area (Å²) in [6.45, 7) is 4.13. The molecule has 4 aromatic carbocycles. The van der Waals surface area contributed by atoms with E-state index < -0.39 is 21.7 Å². The van der Waals surface area contributed by atoms with Crippen LogP contribution >= 0.6 is 0 Å². The van der Waals surface area contributed by atoms with Crippen LogP contribution in [0.3, 0.4) is 0 Å². The molecule has 2 aliphatic heterocycles. The average molecular weight is 566 g/mol. The van der Waals surface area contributed by atoms with Gasteiger partial charge in [0.05, 0.1) is 4.90 Å². The van der Waals surface area contributed by atoms with Gasteiger partial charge in [-0.2, -0.15) is 0 Å². The van der Waals surface area contributed by atoms with Gasteiger partial charge in [0.2, 0.25) is 21.5 Å². The van der Waals surface area contributed by atoms with Crippen LogP contribution in [0.4, 0.5) is 0 Å². The second kappa shape index (κ2) is 10.7. The van der Waals surface area contributed by atoms with Gasteiger partial charge in [-0.15, -0.1) is 4.31 Å². The van der Waals surface area contributed by atoms with E-state index in [4.69, 9.17) is 9.47 Å². The van der Waals surface area contributed by atoms with Crippen LogP contribution < -0.4 is 0 Å². The van der Waals surface area contributed by atoms with Crippen molar-refractivity contribution >= 4 is 16.0 Å². The standard InChI is InChI=1S/C34H31NO5S/c1-24-12-16-27(17-13-24)29-20-32(33(36)39-23-26-8-4-3-5-9-26)40-34(21-29)31-11-7-6-10-28(31)22-35(34)41(37,38)30-18-14-25(2)15-19-30/h3-20,29H,21-23H2,1-2H3/t29-,34-/m0/s1. The molecular weight excluding hydrogens is 534 g/mol. The molecule has 0 saturated carbocycles. The zero-order chi connectivity index (χ0) is 28.6. The number of sulfonamides is 1. The molecule has 2 aliphatic rings. The highest BCUT2D eigenvalue weighted by molar-refractivity contribution is 7.89. The summed E-state index contributed by atoms with van der Waals surface area (Å²) in [4.78, 5) is 13.7. The monoisotopic (exact) mass is 565 g/mol. The number of esters is 1. The van der Waals surface area contributed by atoms with Gasteiger partial charge < -0.3 is 9.47 Å². The summed E-state index contributed by atoms with van der Waals surface area (Å²) in [5, 5.41) is 0. The third kappa shape index (κ3) is 5.07. The predicted octanol–water partition coefficient (Wildman–Crippen LogP) is 6.49. The summed E-state index contributed by atoms with van der Waals surface area (Å²) in [6.07, 6.45) is 2.06. The van der Waals surface area contributed by atoms with Crippen LogP contribution in [-0.4, -0.2) is 18.7 Å². The molecule has 2 atom stereocenters. The van der Waals surface area contributed by atoms with Crippen molar-refractivity contribution in [3.63, 3.8) is 0 Å². The van der Waals surface area contributed by atoms with E-state index in [-0.39, 0.29) is 29.7 Å². The van der Waals surface area contributed by atoms with Gasteiger partial charge in [-0.3, -0.25) is 0 Å². The molecule has 0 amide bonds. The Bertz CT molecular complexity index is 1710. The molecule has 0 bridgehead atoms. The quantitative estimate of drug-likeness (QED) is 0.250. The molecule has 208 valence electrons. The largest absolute Gasteiger partial charge is 0.460 e. The second-order valence-electron chi connectivity index (χ2n) is 10.7. The fourth-order valence-corrected chi connectivity index (χ4v) is 7.26. The Balaban J connectivity index is 1.45. The molecule has 6 nitrogen and oxygen atoms in total. The Hall–Kier alpha value is -4.20. The molecule has 0 saturated heterocycles. The fourth-order valence-electron chi connectivity index (χ4n) is 5.62. The molecule has 4 aromatic rings. The van der Waals surface area contributed by atoms with Gasteiger partial charge in [0.25, 0.3) is 0 Å². The van der Waals surface area contributed by atoms with Crippen molar-refractivity contribution in [3.05, 3.63) is 148 Å². The van der Waals surface area contributed by atoms with Gasteiger partial charge >= 0.3 is 5.97 Å².